The highest BCUT2D eigenvalue weighted by atomic mass is 16.6. The van der Waals surface area contributed by atoms with E-state index in [-0.39, 0.29) is 30.0 Å². The molecular weight excluding hydrogens is 901 g/mol. The van der Waals surface area contributed by atoms with Crippen LogP contribution in [0.1, 0.15) is 299 Å². The van der Waals surface area contributed by atoms with Crippen molar-refractivity contribution in [1.29, 1.82) is 0 Å². The topological polar surface area (TPSA) is 112 Å². The Morgan fingerprint density at radius 2 is 0.861 bits per heavy atom. The van der Waals surface area contributed by atoms with Gasteiger partial charge < -0.3 is 23.8 Å². The van der Waals surface area contributed by atoms with Crippen LogP contribution in [-0.2, 0) is 33.3 Å². The highest BCUT2D eigenvalue weighted by Gasteiger charge is 2.30. The van der Waals surface area contributed by atoms with Crippen molar-refractivity contribution in [3.8, 4) is 0 Å². The highest BCUT2D eigenvalue weighted by Crippen LogP contribution is 2.26. The number of hydrogen-bond donors (Lipinski definition) is 0. The second-order valence-electron chi connectivity index (χ2n) is 23.2. The van der Waals surface area contributed by atoms with Gasteiger partial charge in [-0.3, -0.25) is 19.3 Å². The second-order valence-corrected chi connectivity index (χ2v) is 23.2. The standard InChI is InChI=1S/C62H118N2O8/c1-9-14-19-30-39-55(37-17-12-4)52-70-58(65)43-34-28-24-22-26-32-41-57(42-33-27-23-25-29-35-44-59(66)71-53-56(38-18-13-5)40-31-20-15-10-2)64(51-60(67)69-49-36-21-16-11-3)50-54-45-47-63(48-46-54)61(68)72-62(6,7)8/h54-57H,9-53H2,1-8H3. The predicted octanol–water partition coefficient (Wildman–Crippen LogP) is 17.3. The molecule has 10 heteroatoms. The fourth-order valence-electron chi connectivity index (χ4n) is 10.3. The number of nitrogens with zero attached hydrogens (tertiary/aromatic N) is 2. The van der Waals surface area contributed by atoms with E-state index >= 15 is 0 Å². The van der Waals surface area contributed by atoms with Crippen molar-refractivity contribution in [3.63, 3.8) is 0 Å². The van der Waals surface area contributed by atoms with Crippen LogP contribution in [0.4, 0.5) is 4.79 Å². The fourth-order valence-corrected chi connectivity index (χ4v) is 10.3. The van der Waals surface area contributed by atoms with Crippen molar-refractivity contribution in [1.82, 2.24) is 9.80 Å². The van der Waals surface area contributed by atoms with Crippen LogP contribution in [-0.4, -0.2) is 91.4 Å². The van der Waals surface area contributed by atoms with Gasteiger partial charge in [0.2, 0.25) is 0 Å². The third-order valence-electron chi connectivity index (χ3n) is 15.0. The van der Waals surface area contributed by atoms with Gasteiger partial charge in [0.25, 0.3) is 0 Å². The van der Waals surface area contributed by atoms with E-state index in [2.05, 4.69) is 39.5 Å². The van der Waals surface area contributed by atoms with Crippen LogP contribution in [0.2, 0.25) is 0 Å². The average Bonchev–Trinajstić information content (AvgIpc) is 3.35. The summed E-state index contributed by atoms with van der Waals surface area (Å²) < 4.78 is 23.2. The third kappa shape index (κ3) is 39.1. The molecule has 1 heterocycles. The summed E-state index contributed by atoms with van der Waals surface area (Å²) >= 11 is 0. The molecule has 1 rings (SSSR count). The Bertz CT molecular complexity index is 1240. The maximum atomic E-state index is 13.5. The molecule has 2 unspecified atom stereocenters. The van der Waals surface area contributed by atoms with Crippen molar-refractivity contribution < 1.29 is 38.1 Å². The van der Waals surface area contributed by atoms with E-state index in [1.165, 1.54) is 89.9 Å². The fraction of sp³-hybridized carbons (Fsp3) is 0.935. The van der Waals surface area contributed by atoms with Crippen LogP contribution in [0.15, 0.2) is 0 Å². The van der Waals surface area contributed by atoms with Gasteiger partial charge in [0.1, 0.15) is 5.60 Å². The van der Waals surface area contributed by atoms with Crippen molar-refractivity contribution in [2.24, 2.45) is 17.8 Å². The molecule has 0 bridgehead atoms. The van der Waals surface area contributed by atoms with Gasteiger partial charge in [0.05, 0.1) is 26.4 Å². The van der Waals surface area contributed by atoms with E-state index in [4.69, 9.17) is 18.9 Å². The van der Waals surface area contributed by atoms with Crippen molar-refractivity contribution in [3.05, 3.63) is 0 Å². The molecular formula is C62H118N2O8. The minimum atomic E-state index is -0.522. The van der Waals surface area contributed by atoms with Crippen LogP contribution in [0.25, 0.3) is 0 Å². The molecule has 2 atom stereocenters. The third-order valence-corrected chi connectivity index (χ3v) is 15.0. The highest BCUT2D eigenvalue weighted by molar-refractivity contribution is 5.71. The molecule has 1 saturated heterocycles. The quantitative estimate of drug-likeness (QED) is 0.0334. The van der Waals surface area contributed by atoms with Crippen molar-refractivity contribution >= 4 is 24.0 Å². The average molecular weight is 1020 g/mol. The molecule has 0 aromatic carbocycles. The van der Waals surface area contributed by atoms with E-state index in [1.807, 2.05) is 25.7 Å². The van der Waals surface area contributed by atoms with Gasteiger partial charge in [-0.1, -0.05) is 195 Å². The number of amides is 1. The smallest absolute Gasteiger partial charge is 0.410 e. The lowest BCUT2D eigenvalue weighted by Gasteiger charge is -2.38. The number of ether oxygens (including phenoxy) is 4. The lowest BCUT2D eigenvalue weighted by atomic mass is 9.93. The molecule has 0 saturated carbocycles. The first kappa shape index (κ1) is 67.7. The Kier molecular flexibility index (Phi) is 43.2. The zero-order chi connectivity index (χ0) is 52.9. The molecule has 0 aliphatic carbocycles. The number of carbonyl (C=O) groups is 4. The van der Waals surface area contributed by atoms with E-state index in [9.17, 15) is 19.2 Å². The second kappa shape index (κ2) is 46.0. The maximum absolute atomic E-state index is 13.5. The van der Waals surface area contributed by atoms with Crippen molar-refractivity contribution in [2.75, 3.05) is 46.0 Å². The Labute approximate surface area is 445 Å². The van der Waals surface area contributed by atoms with Gasteiger partial charge >= 0.3 is 24.0 Å². The molecule has 1 amide bonds. The first-order valence-corrected chi connectivity index (χ1v) is 31.0. The molecule has 0 N–H and O–H groups in total. The summed E-state index contributed by atoms with van der Waals surface area (Å²) in [4.78, 5) is 56.1. The zero-order valence-corrected chi connectivity index (χ0v) is 48.8. The summed E-state index contributed by atoms with van der Waals surface area (Å²) in [7, 11) is 0. The van der Waals surface area contributed by atoms with E-state index in [0.717, 1.165) is 148 Å². The summed E-state index contributed by atoms with van der Waals surface area (Å²) in [6.07, 6.45) is 41.4. The van der Waals surface area contributed by atoms with Crippen LogP contribution in [0, 0.1) is 17.8 Å². The Hall–Kier alpha value is -2.36. The lowest BCUT2D eigenvalue weighted by molar-refractivity contribution is -0.146. The molecule has 0 aromatic rings. The van der Waals surface area contributed by atoms with Crippen LogP contribution in [0.5, 0.6) is 0 Å². The number of hydrogen-bond acceptors (Lipinski definition) is 9. The van der Waals surface area contributed by atoms with E-state index < -0.39 is 5.60 Å². The first-order valence-electron chi connectivity index (χ1n) is 31.0. The molecule has 424 valence electrons. The Morgan fingerprint density at radius 1 is 0.472 bits per heavy atom. The number of likely N-dealkylation sites (tertiary alicyclic amines) is 1. The minimum Gasteiger partial charge on any atom is -0.465 e. The van der Waals surface area contributed by atoms with Crippen LogP contribution < -0.4 is 0 Å². The van der Waals surface area contributed by atoms with Crippen LogP contribution >= 0.6 is 0 Å². The molecule has 72 heavy (non-hydrogen) atoms. The molecule has 1 fully saturated rings. The summed E-state index contributed by atoms with van der Waals surface area (Å²) in [5.74, 6) is 1.21. The van der Waals surface area contributed by atoms with Gasteiger partial charge in [0, 0.05) is 38.5 Å². The Morgan fingerprint density at radius 3 is 1.31 bits per heavy atom. The van der Waals surface area contributed by atoms with Crippen LogP contribution in [0.3, 0.4) is 0 Å². The van der Waals surface area contributed by atoms with Gasteiger partial charge in [-0.2, -0.15) is 0 Å². The molecule has 1 aliphatic heterocycles. The normalized spacial score (nSPS) is 14.6. The molecule has 1 aliphatic rings. The summed E-state index contributed by atoms with van der Waals surface area (Å²) in [5, 5.41) is 0. The Balaban J connectivity index is 2.82. The van der Waals surface area contributed by atoms with Crippen molar-refractivity contribution in [2.45, 2.75) is 311 Å². The zero-order valence-electron chi connectivity index (χ0n) is 48.8. The number of unbranched alkanes of at least 4 members (excludes halogenated alkanes) is 21. The summed E-state index contributed by atoms with van der Waals surface area (Å²) in [6.45, 7) is 21.1. The van der Waals surface area contributed by atoms with Gasteiger partial charge in [-0.15, -0.1) is 0 Å². The lowest BCUT2D eigenvalue weighted by Crippen LogP contribution is -2.47. The predicted molar refractivity (Wildman–Crippen MR) is 300 cm³/mol. The molecule has 10 nitrogen and oxygen atoms in total. The van der Waals surface area contributed by atoms with E-state index in [1.54, 1.807) is 0 Å². The number of esters is 3. The number of piperidine rings is 1. The summed E-state index contributed by atoms with van der Waals surface area (Å²) in [5.41, 5.74) is -0.522. The molecule has 0 spiro atoms. The van der Waals surface area contributed by atoms with Gasteiger partial charge in [-0.05, 0) is 109 Å². The molecule has 0 radical (unpaired) electrons. The monoisotopic (exact) mass is 1020 g/mol. The first-order chi connectivity index (χ1) is 34.8. The number of carbonyl (C=O) groups excluding carboxylic acids is 4. The van der Waals surface area contributed by atoms with Gasteiger partial charge in [0.15, 0.2) is 0 Å². The summed E-state index contributed by atoms with van der Waals surface area (Å²) in [6, 6.07) is 0.284. The number of rotatable bonds is 48. The minimum absolute atomic E-state index is 0.0300. The SMILES string of the molecule is CCCCCCOC(=O)CN(CC1CCN(C(=O)OC(C)(C)C)CC1)C(CCCCCCCCC(=O)OCC(CCCC)CCCCCC)CCCCCCCCC(=O)OCC(CCCC)CCCCCC. The van der Waals surface area contributed by atoms with Gasteiger partial charge in [-0.25, -0.2) is 4.79 Å². The van der Waals surface area contributed by atoms with E-state index in [0.29, 0.717) is 70.1 Å². The largest absolute Gasteiger partial charge is 0.465 e. The maximum Gasteiger partial charge on any atom is 0.410 e. The molecule has 0 aromatic heterocycles.